The van der Waals surface area contributed by atoms with Crippen molar-refractivity contribution in [2.45, 2.75) is 25.8 Å². The van der Waals surface area contributed by atoms with Crippen molar-refractivity contribution in [1.29, 1.82) is 0 Å². The van der Waals surface area contributed by atoms with E-state index in [1.165, 1.54) is 34.7 Å². The Kier molecular flexibility index (Phi) is 8.18. The van der Waals surface area contributed by atoms with Crippen LogP contribution >= 0.6 is 24.8 Å². The molecule has 2 aromatic carbocycles. The largest absolute Gasteiger partial charge is 0.381 e. The molecule has 144 valence electrons. The van der Waals surface area contributed by atoms with Crippen LogP contribution in [0, 0.1) is 12.8 Å². The molecule has 2 fully saturated rings. The molecule has 2 heterocycles. The first-order valence-corrected chi connectivity index (χ1v) is 9.35. The van der Waals surface area contributed by atoms with Crippen LogP contribution in [-0.2, 0) is 4.74 Å². The first-order chi connectivity index (χ1) is 11.8. The highest BCUT2D eigenvalue weighted by molar-refractivity contribution is 5.89. The molecule has 2 saturated heterocycles. The summed E-state index contributed by atoms with van der Waals surface area (Å²) in [5.41, 5.74) is 2.89. The zero-order chi connectivity index (χ0) is 16.4. The lowest BCUT2D eigenvalue weighted by molar-refractivity contribution is 0.0217. The van der Waals surface area contributed by atoms with Crippen LogP contribution in [0.3, 0.4) is 0 Å². The summed E-state index contributed by atoms with van der Waals surface area (Å²) in [5.74, 6) is 0.697. The van der Waals surface area contributed by atoms with Gasteiger partial charge in [0.05, 0.1) is 0 Å². The maximum Gasteiger partial charge on any atom is 0.0469 e. The average Bonchev–Trinajstić information content (AvgIpc) is 2.66. The third kappa shape index (κ3) is 4.35. The van der Waals surface area contributed by atoms with Crippen molar-refractivity contribution in [2.24, 2.45) is 5.92 Å². The number of ether oxygens (including phenoxy) is 1. The molecule has 0 radical (unpaired) electrons. The van der Waals surface area contributed by atoms with E-state index in [0.717, 1.165) is 39.4 Å². The average molecular weight is 397 g/mol. The Morgan fingerprint density at radius 1 is 0.962 bits per heavy atom. The molecule has 0 unspecified atom stereocenters. The van der Waals surface area contributed by atoms with E-state index in [-0.39, 0.29) is 24.8 Å². The molecule has 1 atom stereocenters. The molecular formula is C21H30Cl2N2O. The van der Waals surface area contributed by atoms with Gasteiger partial charge in [-0.25, -0.2) is 0 Å². The van der Waals surface area contributed by atoms with Crippen LogP contribution in [0.4, 0.5) is 0 Å². The van der Waals surface area contributed by atoms with E-state index in [1.807, 2.05) is 0 Å². The van der Waals surface area contributed by atoms with Gasteiger partial charge in [-0.05, 0) is 47.6 Å². The van der Waals surface area contributed by atoms with Gasteiger partial charge in [0.15, 0.2) is 0 Å². The lowest BCUT2D eigenvalue weighted by atomic mass is 9.83. The molecular weight excluding hydrogens is 367 g/mol. The van der Waals surface area contributed by atoms with Gasteiger partial charge in [0.25, 0.3) is 0 Å². The van der Waals surface area contributed by atoms with Gasteiger partial charge in [0, 0.05) is 45.4 Å². The third-order valence-electron chi connectivity index (χ3n) is 5.75. The highest BCUT2D eigenvalue weighted by Gasteiger charge is 2.32. The van der Waals surface area contributed by atoms with Crippen molar-refractivity contribution in [3.8, 4) is 0 Å². The van der Waals surface area contributed by atoms with E-state index in [1.54, 1.807) is 0 Å². The van der Waals surface area contributed by atoms with Crippen molar-refractivity contribution < 1.29 is 4.74 Å². The molecule has 26 heavy (non-hydrogen) atoms. The molecule has 0 amide bonds. The minimum absolute atomic E-state index is 0. The summed E-state index contributed by atoms with van der Waals surface area (Å²) >= 11 is 0. The van der Waals surface area contributed by atoms with Crippen molar-refractivity contribution in [3.05, 3.63) is 47.5 Å². The molecule has 3 nitrogen and oxygen atoms in total. The molecule has 1 N–H and O–H groups in total. The molecule has 2 aromatic rings. The van der Waals surface area contributed by atoms with E-state index in [9.17, 15) is 0 Å². The lowest BCUT2D eigenvalue weighted by Gasteiger charge is -2.41. The van der Waals surface area contributed by atoms with Crippen LogP contribution in [-0.4, -0.2) is 44.3 Å². The second-order valence-electron chi connectivity index (χ2n) is 7.20. The molecule has 4 rings (SSSR count). The summed E-state index contributed by atoms with van der Waals surface area (Å²) in [6.07, 6.45) is 2.35. The molecule has 0 spiro atoms. The summed E-state index contributed by atoms with van der Waals surface area (Å²) in [6.45, 7) is 8.54. The van der Waals surface area contributed by atoms with Gasteiger partial charge in [0.2, 0.25) is 0 Å². The quantitative estimate of drug-likeness (QED) is 0.833. The van der Waals surface area contributed by atoms with Crippen LogP contribution in [0.1, 0.15) is 30.0 Å². The zero-order valence-corrected chi connectivity index (χ0v) is 17.1. The van der Waals surface area contributed by atoms with Crippen molar-refractivity contribution in [3.63, 3.8) is 0 Å². The molecule has 0 aromatic heterocycles. The summed E-state index contributed by atoms with van der Waals surface area (Å²) in [4.78, 5) is 2.71. The van der Waals surface area contributed by atoms with E-state index in [4.69, 9.17) is 4.74 Å². The monoisotopic (exact) mass is 396 g/mol. The maximum atomic E-state index is 5.65. The van der Waals surface area contributed by atoms with Crippen LogP contribution in [0.2, 0.25) is 0 Å². The minimum atomic E-state index is 0. The molecule has 0 aliphatic carbocycles. The third-order valence-corrected chi connectivity index (χ3v) is 5.75. The van der Waals surface area contributed by atoms with Crippen molar-refractivity contribution in [2.75, 3.05) is 39.4 Å². The Labute approximate surface area is 169 Å². The summed E-state index contributed by atoms with van der Waals surface area (Å²) in [7, 11) is 0. The summed E-state index contributed by atoms with van der Waals surface area (Å²) in [5, 5.41) is 6.35. The number of benzene rings is 2. The number of hydrogen-bond acceptors (Lipinski definition) is 3. The summed E-state index contributed by atoms with van der Waals surface area (Å²) in [6, 6.07) is 14.1. The van der Waals surface area contributed by atoms with Crippen LogP contribution in [0.15, 0.2) is 36.4 Å². The van der Waals surface area contributed by atoms with Crippen molar-refractivity contribution >= 4 is 35.6 Å². The standard InChI is InChI=1S/C21H28N2O.2ClH/c1-16-6-7-20(19-5-3-2-4-18(16)19)21(17-8-14-24-15-9-17)23-12-10-22-11-13-23;;/h2-7,17,21-22H,8-15H2,1H3;2*1H/t21-;;/m1../s1. The normalized spacial score (nSPS) is 20.2. The molecule has 0 bridgehead atoms. The number of halogens is 2. The smallest absolute Gasteiger partial charge is 0.0469 e. The number of rotatable bonds is 3. The van der Waals surface area contributed by atoms with Crippen LogP contribution in [0.25, 0.3) is 10.8 Å². The van der Waals surface area contributed by atoms with E-state index < -0.39 is 0 Å². The Balaban J connectivity index is 0.00000121. The molecule has 5 heteroatoms. The van der Waals surface area contributed by atoms with E-state index in [0.29, 0.717) is 12.0 Å². The van der Waals surface area contributed by atoms with Gasteiger partial charge >= 0.3 is 0 Å². The number of hydrogen-bond donors (Lipinski definition) is 1. The fourth-order valence-corrected chi connectivity index (χ4v) is 4.47. The second-order valence-corrected chi connectivity index (χ2v) is 7.20. The molecule has 2 aliphatic rings. The van der Waals surface area contributed by atoms with Gasteiger partial charge in [-0.3, -0.25) is 4.90 Å². The molecule has 2 aliphatic heterocycles. The van der Waals surface area contributed by atoms with Gasteiger partial charge in [-0.15, -0.1) is 24.8 Å². The highest BCUT2D eigenvalue weighted by Crippen LogP contribution is 2.39. The number of aryl methyl sites for hydroxylation is 1. The number of nitrogens with zero attached hydrogens (tertiary/aromatic N) is 1. The zero-order valence-electron chi connectivity index (χ0n) is 15.4. The van der Waals surface area contributed by atoms with Gasteiger partial charge in [-0.2, -0.15) is 0 Å². The van der Waals surface area contributed by atoms with E-state index >= 15 is 0 Å². The predicted octanol–water partition coefficient (Wildman–Crippen LogP) is 4.36. The lowest BCUT2D eigenvalue weighted by Crippen LogP contribution is -2.47. The topological polar surface area (TPSA) is 24.5 Å². The van der Waals surface area contributed by atoms with Crippen LogP contribution in [0.5, 0.6) is 0 Å². The van der Waals surface area contributed by atoms with E-state index in [2.05, 4.69) is 53.5 Å². The van der Waals surface area contributed by atoms with Crippen molar-refractivity contribution in [1.82, 2.24) is 10.2 Å². The van der Waals surface area contributed by atoms with Crippen LogP contribution < -0.4 is 5.32 Å². The Morgan fingerprint density at radius 2 is 1.62 bits per heavy atom. The van der Waals surface area contributed by atoms with Gasteiger partial charge in [0.1, 0.15) is 0 Å². The first-order valence-electron chi connectivity index (χ1n) is 9.35. The van der Waals surface area contributed by atoms with Gasteiger partial charge < -0.3 is 10.1 Å². The fraction of sp³-hybridized carbons (Fsp3) is 0.524. The minimum Gasteiger partial charge on any atom is -0.381 e. The summed E-state index contributed by atoms with van der Waals surface area (Å²) < 4.78 is 5.65. The predicted molar refractivity (Wildman–Crippen MR) is 114 cm³/mol. The number of nitrogens with one attached hydrogen (secondary N) is 1. The van der Waals surface area contributed by atoms with Gasteiger partial charge in [-0.1, -0.05) is 36.4 Å². The Hall–Kier alpha value is -0.840. The Bertz CT molecular complexity index is 679. The second kappa shape index (κ2) is 9.91. The SMILES string of the molecule is Cc1ccc([C@@H](C2CCOCC2)N2CCNCC2)c2ccccc12.Cl.Cl. The Morgan fingerprint density at radius 3 is 2.31 bits per heavy atom. The maximum absolute atomic E-state index is 5.65. The first kappa shape index (κ1) is 21.5. The fourth-order valence-electron chi connectivity index (χ4n) is 4.47. The number of piperazine rings is 1. The molecule has 0 saturated carbocycles. The number of fused-ring (bicyclic) bond motifs is 1. The highest BCUT2D eigenvalue weighted by atomic mass is 35.5.